The number of nitrogens with zero attached hydrogens (tertiary/aromatic N) is 2. The first-order valence-electron chi connectivity index (χ1n) is 7.77. The lowest BCUT2D eigenvalue weighted by Crippen LogP contribution is -2.50. The molecule has 22 heavy (non-hydrogen) atoms. The summed E-state index contributed by atoms with van der Waals surface area (Å²) in [7, 11) is 0. The monoisotopic (exact) mass is 311 g/mol. The Morgan fingerprint density at radius 1 is 1.23 bits per heavy atom. The van der Waals surface area contributed by atoms with Gasteiger partial charge in [0.15, 0.2) is 0 Å². The molecule has 0 spiro atoms. The molecule has 7 nitrogen and oxygen atoms in total. The number of urea groups is 1. The topological polar surface area (TPSA) is 90.0 Å². The highest BCUT2D eigenvalue weighted by atomic mass is 16.4. The smallest absolute Gasteiger partial charge is 0.317 e. The first-order chi connectivity index (χ1) is 10.2. The summed E-state index contributed by atoms with van der Waals surface area (Å²) < 4.78 is 0. The number of amides is 3. The average Bonchev–Trinajstić information content (AvgIpc) is 2.79. The van der Waals surface area contributed by atoms with E-state index in [0.29, 0.717) is 38.9 Å². The number of hydrogen-bond acceptors (Lipinski definition) is 3. The summed E-state index contributed by atoms with van der Waals surface area (Å²) in [5.41, 5.74) is -0.240. The van der Waals surface area contributed by atoms with Crippen LogP contribution in [0.15, 0.2) is 0 Å². The van der Waals surface area contributed by atoms with Crippen LogP contribution < -0.4 is 5.32 Å². The second kappa shape index (κ2) is 6.14. The van der Waals surface area contributed by atoms with Gasteiger partial charge in [-0.25, -0.2) is 4.79 Å². The van der Waals surface area contributed by atoms with E-state index in [9.17, 15) is 14.4 Å². The van der Waals surface area contributed by atoms with Gasteiger partial charge in [0.1, 0.15) is 0 Å². The van der Waals surface area contributed by atoms with Crippen molar-refractivity contribution in [3.05, 3.63) is 0 Å². The van der Waals surface area contributed by atoms with Gasteiger partial charge in [-0.3, -0.25) is 9.59 Å². The van der Waals surface area contributed by atoms with Crippen LogP contribution in [-0.4, -0.2) is 64.0 Å². The van der Waals surface area contributed by atoms with Crippen molar-refractivity contribution in [3.63, 3.8) is 0 Å². The van der Waals surface area contributed by atoms with Crippen LogP contribution in [0, 0.1) is 5.92 Å². The maximum absolute atomic E-state index is 12.2. The van der Waals surface area contributed by atoms with E-state index in [-0.39, 0.29) is 29.4 Å². The van der Waals surface area contributed by atoms with E-state index in [1.807, 2.05) is 20.8 Å². The fourth-order valence-corrected chi connectivity index (χ4v) is 3.05. The minimum Gasteiger partial charge on any atom is -0.481 e. The zero-order valence-corrected chi connectivity index (χ0v) is 13.5. The SMILES string of the molecule is CC(C)(C)N1CC(NC(=O)N2CCC(C(=O)O)CC2)CC1=O. The number of rotatable bonds is 2. The Labute approximate surface area is 130 Å². The van der Waals surface area contributed by atoms with Crippen LogP contribution in [-0.2, 0) is 9.59 Å². The molecule has 2 saturated heterocycles. The van der Waals surface area contributed by atoms with Gasteiger partial charge in [-0.2, -0.15) is 0 Å². The number of hydrogen-bond donors (Lipinski definition) is 2. The summed E-state index contributed by atoms with van der Waals surface area (Å²) in [5, 5.41) is 11.9. The molecule has 2 rings (SSSR count). The zero-order valence-electron chi connectivity index (χ0n) is 13.5. The van der Waals surface area contributed by atoms with Gasteiger partial charge >= 0.3 is 12.0 Å². The molecule has 3 amide bonds. The van der Waals surface area contributed by atoms with Crippen LogP contribution in [0.2, 0.25) is 0 Å². The third-order valence-electron chi connectivity index (χ3n) is 4.39. The summed E-state index contributed by atoms with van der Waals surface area (Å²) in [6.07, 6.45) is 1.30. The zero-order chi connectivity index (χ0) is 16.5. The van der Waals surface area contributed by atoms with E-state index in [1.54, 1.807) is 9.80 Å². The Morgan fingerprint density at radius 3 is 2.27 bits per heavy atom. The number of carboxylic acids is 1. The predicted molar refractivity (Wildman–Crippen MR) is 80.3 cm³/mol. The summed E-state index contributed by atoms with van der Waals surface area (Å²) in [6.45, 7) is 7.36. The van der Waals surface area contributed by atoms with E-state index in [0.717, 1.165) is 0 Å². The van der Waals surface area contributed by atoms with Crippen molar-refractivity contribution in [1.29, 1.82) is 0 Å². The van der Waals surface area contributed by atoms with Crippen molar-refractivity contribution >= 4 is 17.9 Å². The van der Waals surface area contributed by atoms with Crippen LogP contribution >= 0.6 is 0 Å². The number of likely N-dealkylation sites (tertiary alicyclic amines) is 2. The molecule has 0 radical (unpaired) electrons. The largest absolute Gasteiger partial charge is 0.481 e. The third-order valence-corrected chi connectivity index (χ3v) is 4.39. The molecule has 2 N–H and O–H groups in total. The van der Waals surface area contributed by atoms with Crippen LogP contribution in [0.25, 0.3) is 0 Å². The molecular weight excluding hydrogens is 286 g/mol. The highest BCUT2D eigenvalue weighted by Gasteiger charge is 2.37. The van der Waals surface area contributed by atoms with E-state index < -0.39 is 5.97 Å². The molecule has 2 aliphatic heterocycles. The highest BCUT2D eigenvalue weighted by Crippen LogP contribution is 2.22. The standard InChI is InChI=1S/C15H25N3O4/c1-15(2,3)18-9-11(8-12(18)19)16-14(22)17-6-4-10(5-7-17)13(20)21/h10-11H,4-9H2,1-3H3,(H,16,22)(H,20,21). The van der Waals surface area contributed by atoms with Crippen molar-refractivity contribution in [3.8, 4) is 0 Å². The summed E-state index contributed by atoms with van der Waals surface area (Å²) in [6, 6.07) is -0.367. The van der Waals surface area contributed by atoms with Crippen molar-refractivity contribution in [2.75, 3.05) is 19.6 Å². The number of carboxylic acid groups (broad SMARTS) is 1. The lowest BCUT2D eigenvalue weighted by atomic mass is 9.97. The van der Waals surface area contributed by atoms with Crippen molar-refractivity contribution in [1.82, 2.24) is 15.1 Å². The molecule has 0 saturated carbocycles. The van der Waals surface area contributed by atoms with Crippen LogP contribution in [0.3, 0.4) is 0 Å². The second-order valence-corrected chi connectivity index (χ2v) is 7.13. The Kier molecular flexibility index (Phi) is 4.63. The van der Waals surface area contributed by atoms with Crippen molar-refractivity contribution < 1.29 is 19.5 Å². The Morgan fingerprint density at radius 2 is 1.82 bits per heavy atom. The molecule has 1 atom stereocenters. The fraction of sp³-hybridized carbons (Fsp3) is 0.800. The van der Waals surface area contributed by atoms with Gasteiger partial charge in [-0.05, 0) is 33.6 Å². The minimum atomic E-state index is -0.790. The average molecular weight is 311 g/mol. The second-order valence-electron chi connectivity index (χ2n) is 7.13. The van der Waals surface area contributed by atoms with Gasteiger partial charge in [0, 0.05) is 31.6 Å². The quantitative estimate of drug-likeness (QED) is 0.792. The summed E-state index contributed by atoms with van der Waals surface area (Å²) in [5.74, 6) is -1.09. The van der Waals surface area contributed by atoms with Gasteiger partial charge in [0.25, 0.3) is 0 Å². The normalized spacial score (nSPS) is 23.8. The van der Waals surface area contributed by atoms with Crippen LogP contribution in [0.5, 0.6) is 0 Å². The molecule has 0 aromatic carbocycles. The molecule has 2 aliphatic rings. The molecule has 7 heteroatoms. The van der Waals surface area contributed by atoms with Gasteiger partial charge in [-0.1, -0.05) is 0 Å². The number of aliphatic carboxylic acids is 1. The molecule has 2 heterocycles. The minimum absolute atomic E-state index is 0.0578. The first-order valence-corrected chi connectivity index (χ1v) is 7.77. The van der Waals surface area contributed by atoms with Crippen molar-refractivity contribution in [2.45, 2.75) is 51.6 Å². The van der Waals surface area contributed by atoms with E-state index in [4.69, 9.17) is 5.11 Å². The number of carbonyl (C=O) groups is 3. The molecule has 0 aromatic rings. The first kappa shape index (κ1) is 16.6. The van der Waals surface area contributed by atoms with Crippen molar-refractivity contribution in [2.24, 2.45) is 5.92 Å². The van der Waals surface area contributed by atoms with E-state index in [2.05, 4.69) is 5.32 Å². The molecule has 1 unspecified atom stereocenters. The van der Waals surface area contributed by atoms with E-state index in [1.165, 1.54) is 0 Å². The van der Waals surface area contributed by atoms with E-state index >= 15 is 0 Å². The molecule has 2 fully saturated rings. The number of carbonyl (C=O) groups excluding carboxylic acids is 2. The highest BCUT2D eigenvalue weighted by molar-refractivity contribution is 5.82. The number of piperidine rings is 1. The Hall–Kier alpha value is -1.79. The van der Waals surface area contributed by atoms with Crippen LogP contribution in [0.4, 0.5) is 4.79 Å². The predicted octanol–water partition coefficient (Wildman–Crippen LogP) is 0.892. The van der Waals surface area contributed by atoms with Gasteiger partial charge in [-0.15, -0.1) is 0 Å². The van der Waals surface area contributed by atoms with Gasteiger partial charge in [0.2, 0.25) is 5.91 Å². The summed E-state index contributed by atoms with van der Waals surface area (Å²) >= 11 is 0. The molecule has 0 aliphatic carbocycles. The maximum atomic E-state index is 12.2. The van der Waals surface area contributed by atoms with Gasteiger partial charge < -0.3 is 20.2 Å². The molecule has 124 valence electrons. The lowest BCUT2D eigenvalue weighted by Gasteiger charge is -2.33. The Bertz CT molecular complexity index is 464. The molecule has 0 bridgehead atoms. The number of nitrogens with one attached hydrogen (secondary N) is 1. The maximum Gasteiger partial charge on any atom is 0.317 e. The van der Waals surface area contributed by atoms with Crippen LogP contribution in [0.1, 0.15) is 40.0 Å². The molecule has 0 aromatic heterocycles. The summed E-state index contributed by atoms with van der Waals surface area (Å²) in [4.78, 5) is 38.6. The fourth-order valence-electron chi connectivity index (χ4n) is 3.05. The molecular formula is C15H25N3O4. The third kappa shape index (κ3) is 3.69. The Balaban J connectivity index is 1.84. The van der Waals surface area contributed by atoms with Gasteiger partial charge in [0.05, 0.1) is 12.0 Å². The lowest BCUT2D eigenvalue weighted by molar-refractivity contribution is -0.143.